The Morgan fingerprint density at radius 3 is 2.31 bits per heavy atom. The quantitative estimate of drug-likeness (QED) is 0.621. The van der Waals surface area contributed by atoms with Gasteiger partial charge in [-0.2, -0.15) is 17.5 Å². The minimum atomic E-state index is -4.86. The van der Waals surface area contributed by atoms with Gasteiger partial charge in [0.1, 0.15) is 11.7 Å². The summed E-state index contributed by atoms with van der Waals surface area (Å²) >= 11 is 0. The first-order valence-electron chi connectivity index (χ1n) is 9.88. The van der Waals surface area contributed by atoms with Crippen LogP contribution in [0.4, 0.5) is 22.4 Å². The first kappa shape index (κ1) is 24.7. The van der Waals surface area contributed by atoms with Gasteiger partial charge in [-0.25, -0.2) is 17.6 Å². The number of likely N-dealkylation sites (N-methyl/N-ethyl adjacent to an activating group) is 1. The molecule has 3 rings (SSSR count). The van der Waals surface area contributed by atoms with Gasteiger partial charge in [-0.15, -0.1) is 0 Å². The molecular formula is C19H24F4N2O6S. The van der Waals surface area contributed by atoms with Crippen LogP contribution in [0.25, 0.3) is 0 Å². The average Bonchev–Trinajstić information content (AvgIpc) is 3.05. The highest BCUT2D eigenvalue weighted by Gasteiger charge is 2.58. The van der Waals surface area contributed by atoms with E-state index in [1.807, 2.05) is 0 Å². The summed E-state index contributed by atoms with van der Waals surface area (Å²) in [5, 5.41) is 18.6. The molecule has 1 aromatic carbocycles. The molecule has 13 heteroatoms. The molecule has 2 fully saturated rings. The van der Waals surface area contributed by atoms with Crippen LogP contribution in [0.2, 0.25) is 0 Å². The zero-order valence-electron chi connectivity index (χ0n) is 17.1. The summed E-state index contributed by atoms with van der Waals surface area (Å²) in [7, 11) is -3.18. The Kier molecular flexibility index (Phi) is 6.76. The van der Waals surface area contributed by atoms with Crippen molar-refractivity contribution in [3.63, 3.8) is 0 Å². The zero-order chi connectivity index (χ0) is 23.9. The molecule has 0 bridgehead atoms. The van der Waals surface area contributed by atoms with E-state index in [0.29, 0.717) is 0 Å². The van der Waals surface area contributed by atoms with E-state index in [1.165, 1.54) is 0 Å². The molecular weight excluding hydrogens is 460 g/mol. The molecule has 180 valence electrons. The van der Waals surface area contributed by atoms with Crippen LogP contribution in [0.3, 0.4) is 0 Å². The number of hydrogen-bond acceptors (Lipinski definition) is 5. The maximum atomic E-state index is 13.7. The van der Waals surface area contributed by atoms with E-state index >= 15 is 0 Å². The highest BCUT2D eigenvalue weighted by Crippen LogP contribution is 2.46. The van der Waals surface area contributed by atoms with Crippen molar-refractivity contribution in [2.45, 2.75) is 48.1 Å². The van der Waals surface area contributed by atoms with Gasteiger partial charge in [0, 0.05) is 20.1 Å². The monoisotopic (exact) mass is 484 g/mol. The Bertz CT molecular complexity index is 932. The van der Waals surface area contributed by atoms with Crippen molar-refractivity contribution >= 4 is 16.1 Å². The van der Waals surface area contributed by atoms with Crippen LogP contribution in [0.5, 0.6) is 0 Å². The van der Waals surface area contributed by atoms with Crippen molar-refractivity contribution in [1.29, 1.82) is 0 Å². The molecule has 0 aromatic heterocycles. The lowest BCUT2D eigenvalue weighted by Crippen LogP contribution is -2.49. The summed E-state index contributed by atoms with van der Waals surface area (Å²) in [6.45, 7) is -1.25. The van der Waals surface area contributed by atoms with Gasteiger partial charge in [0.2, 0.25) is 10.0 Å². The molecule has 1 amide bonds. The number of alkyl halides is 3. The van der Waals surface area contributed by atoms with E-state index in [2.05, 4.69) is 0 Å². The molecule has 2 saturated heterocycles. The predicted molar refractivity (Wildman–Crippen MR) is 103 cm³/mol. The van der Waals surface area contributed by atoms with Gasteiger partial charge in [-0.1, -0.05) is 0 Å². The van der Waals surface area contributed by atoms with E-state index in [9.17, 15) is 35.9 Å². The fraction of sp³-hybridized carbons (Fsp3) is 0.632. The van der Waals surface area contributed by atoms with Crippen LogP contribution >= 0.6 is 0 Å². The van der Waals surface area contributed by atoms with E-state index in [1.54, 1.807) is 0 Å². The zero-order valence-corrected chi connectivity index (χ0v) is 17.9. The lowest BCUT2D eigenvalue weighted by atomic mass is 9.86. The van der Waals surface area contributed by atoms with E-state index in [0.717, 1.165) is 40.5 Å². The predicted octanol–water partition coefficient (Wildman–Crippen LogP) is 2.29. The van der Waals surface area contributed by atoms with Gasteiger partial charge < -0.3 is 19.8 Å². The molecule has 1 aromatic rings. The Labute approximate surface area is 182 Å². The van der Waals surface area contributed by atoms with Crippen LogP contribution < -0.4 is 0 Å². The van der Waals surface area contributed by atoms with E-state index < -0.39 is 58.4 Å². The molecule has 0 radical (unpaired) electrons. The summed E-state index contributed by atoms with van der Waals surface area (Å²) in [6.07, 6.45) is -7.64. The van der Waals surface area contributed by atoms with Gasteiger partial charge >= 0.3 is 12.3 Å². The highest BCUT2D eigenvalue weighted by atomic mass is 32.2. The summed E-state index contributed by atoms with van der Waals surface area (Å²) < 4.78 is 86.9. The fourth-order valence-corrected chi connectivity index (χ4v) is 5.73. The van der Waals surface area contributed by atoms with Crippen molar-refractivity contribution in [3.8, 4) is 0 Å². The molecule has 8 nitrogen and oxygen atoms in total. The number of aliphatic hydroxyl groups excluding tert-OH is 1. The third-order valence-corrected chi connectivity index (χ3v) is 8.16. The smallest absolute Gasteiger partial charge is 0.407 e. The van der Waals surface area contributed by atoms with Crippen LogP contribution in [0, 0.1) is 11.7 Å². The second-order valence-electron chi connectivity index (χ2n) is 8.11. The summed E-state index contributed by atoms with van der Waals surface area (Å²) in [4.78, 5) is 12.0. The van der Waals surface area contributed by atoms with Crippen LogP contribution in [-0.2, 0) is 14.8 Å². The molecule has 2 heterocycles. The molecule has 1 spiro atoms. The van der Waals surface area contributed by atoms with Crippen LogP contribution in [0.15, 0.2) is 29.2 Å². The molecule has 3 atom stereocenters. The molecule has 32 heavy (non-hydrogen) atoms. The van der Waals surface area contributed by atoms with E-state index in [-0.39, 0.29) is 37.2 Å². The number of likely N-dealkylation sites (tertiary alicyclic amines) is 1. The second kappa shape index (κ2) is 8.76. The van der Waals surface area contributed by atoms with E-state index in [4.69, 9.17) is 9.84 Å². The van der Waals surface area contributed by atoms with Crippen molar-refractivity contribution in [2.75, 3.05) is 26.7 Å². The Morgan fingerprint density at radius 1 is 1.28 bits per heavy atom. The molecule has 2 aliphatic heterocycles. The second-order valence-corrected chi connectivity index (χ2v) is 10.1. The molecule has 2 N–H and O–H groups in total. The lowest BCUT2D eigenvalue weighted by Gasteiger charge is -2.38. The van der Waals surface area contributed by atoms with Crippen molar-refractivity contribution in [3.05, 3.63) is 30.1 Å². The number of benzene rings is 1. The SMILES string of the molecule is CN(C1CC2(CCN(C(=O)O)CC2)O[C@@H]1C(CO)C(F)(F)F)S(=O)(=O)c1ccc(F)cc1. The number of aliphatic hydroxyl groups is 1. The number of halogens is 4. The number of carboxylic acid groups (broad SMARTS) is 1. The van der Waals surface area contributed by atoms with Gasteiger partial charge in [-0.3, -0.25) is 0 Å². The normalized spacial score (nSPS) is 24.8. The largest absolute Gasteiger partial charge is 0.465 e. The molecule has 0 saturated carbocycles. The standard InChI is InChI=1S/C19H24F4N2O6S/c1-24(32(29,30)13-4-2-12(20)3-5-13)15-10-18(6-8-25(9-7-18)17(27)28)31-16(15)14(11-26)19(21,22)23/h2-5,14-16,26H,6-11H2,1H3,(H,27,28)/t14?,15?,16-/m1/s1. The number of nitrogens with zero attached hydrogens (tertiary/aromatic N) is 2. The number of piperidine rings is 1. The maximum absolute atomic E-state index is 13.7. The number of amides is 1. The minimum absolute atomic E-state index is 0.0268. The number of sulfonamides is 1. The Balaban J connectivity index is 1.94. The van der Waals surface area contributed by atoms with Gasteiger partial charge in [0.25, 0.3) is 0 Å². The van der Waals surface area contributed by atoms with Crippen molar-refractivity contribution in [1.82, 2.24) is 9.21 Å². The summed E-state index contributed by atoms with van der Waals surface area (Å²) in [5.41, 5.74) is -1.16. The van der Waals surface area contributed by atoms with Gasteiger partial charge in [0.15, 0.2) is 0 Å². The van der Waals surface area contributed by atoms with Crippen LogP contribution in [0.1, 0.15) is 19.3 Å². The summed E-state index contributed by atoms with van der Waals surface area (Å²) in [5.74, 6) is -3.01. The third kappa shape index (κ3) is 4.70. The molecule has 2 unspecified atom stereocenters. The summed E-state index contributed by atoms with van der Waals surface area (Å²) in [6, 6.07) is 2.61. The van der Waals surface area contributed by atoms with Crippen molar-refractivity contribution in [2.24, 2.45) is 5.92 Å². The maximum Gasteiger partial charge on any atom is 0.407 e. The van der Waals surface area contributed by atoms with Gasteiger partial charge in [0.05, 0.1) is 29.2 Å². The number of hydrogen-bond donors (Lipinski definition) is 2. The molecule has 2 aliphatic rings. The van der Waals surface area contributed by atoms with Gasteiger partial charge in [-0.05, 0) is 43.5 Å². The number of carbonyl (C=O) groups is 1. The minimum Gasteiger partial charge on any atom is -0.465 e. The third-order valence-electron chi connectivity index (χ3n) is 6.26. The number of ether oxygens (including phenoxy) is 1. The highest BCUT2D eigenvalue weighted by molar-refractivity contribution is 7.89. The van der Waals surface area contributed by atoms with Crippen molar-refractivity contribution < 1.29 is 45.7 Å². The Hall–Kier alpha value is -1.96. The Morgan fingerprint density at radius 2 is 1.84 bits per heavy atom. The fourth-order valence-electron chi connectivity index (χ4n) is 4.37. The average molecular weight is 484 g/mol. The first-order chi connectivity index (χ1) is 14.8. The molecule has 0 aliphatic carbocycles. The topological polar surface area (TPSA) is 107 Å². The number of rotatable bonds is 5. The lowest BCUT2D eigenvalue weighted by molar-refractivity contribution is -0.226. The first-order valence-corrected chi connectivity index (χ1v) is 11.3. The van der Waals surface area contributed by atoms with Crippen LogP contribution in [-0.4, -0.2) is 84.6 Å².